The van der Waals surface area contributed by atoms with E-state index in [9.17, 15) is 28.2 Å². The van der Waals surface area contributed by atoms with Crippen molar-refractivity contribution in [2.75, 3.05) is 6.73 Å². The van der Waals surface area contributed by atoms with E-state index in [1.807, 2.05) is 0 Å². The molecule has 9 heteroatoms. The number of phenols is 1. The summed E-state index contributed by atoms with van der Waals surface area (Å²) < 4.78 is 28.7. The highest BCUT2D eigenvalue weighted by Crippen LogP contribution is 2.13. The molecule has 0 amide bonds. The molecule has 0 radical (unpaired) electrons. The number of carboxylic acids is 1. The zero-order chi connectivity index (χ0) is 19.2. The maximum absolute atomic E-state index is 12.0. The van der Waals surface area contributed by atoms with Gasteiger partial charge in [-0.3, -0.25) is 10.1 Å². The van der Waals surface area contributed by atoms with Gasteiger partial charge in [0.25, 0.3) is 9.84 Å². The van der Waals surface area contributed by atoms with Gasteiger partial charge < -0.3 is 14.9 Å². The Hall–Kier alpha value is -2.91. The molecule has 1 atom stereocenters. The monoisotopic (exact) mass is 379 g/mol. The van der Waals surface area contributed by atoms with Crippen molar-refractivity contribution in [3.8, 4) is 5.75 Å². The van der Waals surface area contributed by atoms with E-state index in [0.717, 1.165) is 0 Å². The van der Waals surface area contributed by atoms with E-state index in [1.54, 1.807) is 18.2 Å². The minimum Gasteiger partial charge on any atom is -0.508 e. The zero-order valence-corrected chi connectivity index (χ0v) is 14.3. The second-order valence-corrected chi connectivity index (χ2v) is 7.13. The van der Waals surface area contributed by atoms with Gasteiger partial charge in [0.05, 0.1) is 4.90 Å². The van der Waals surface area contributed by atoms with Gasteiger partial charge in [-0.1, -0.05) is 30.3 Å². The third-order valence-electron chi connectivity index (χ3n) is 3.47. The predicted octanol–water partition coefficient (Wildman–Crippen LogP) is 1.55. The molecule has 0 saturated heterocycles. The minimum atomic E-state index is -4.30. The van der Waals surface area contributed by atoms with E-state index in [4.69, 9.17) is 0 Å². The minimum absolute atomic E-state index is 0.0497. The summed E-state index contributed by atoms with van der Waals surface area (Å²) in [6.45, 7) is -0.583. The Balaban J connectivity index is 1.94. The van der Waals surface area contributed by atoms with Gasteiger partial charge in [0.1, 0.15) is 18.5 Å². The maximum atomic E-state index is 12.0. The second-order valence-electron chi connectivity index (χ2n) is 5.32. The molecule has 0 aliphatic carbocycles. The third-order valence-corrected chi connectivity index (χ3v) is 4.92. The summed E-state index contributed by atoms with van der Waals surface area (Å²) in [5.41, 5.74) is 0.630. The highest BCUT2D eigenvalue weighted by molar-refractivity contribution is 8.05. The summed E-state index contributed by atoms with van der Waals surface area (Å²) in [7, 11) is -4.30. The Kier molecular flexibility index (Phi) is 6.31. The van der Waals surface area contributed by atoms with Gasteiger partial charge in [-0.15, -0.1) is 0 Å². The van der Waals surface area contributed by atoms with E-state index in [2.05, 4.69) is 10.1 Å². The predicted molar refractivity (Wildman–Crippen MR) is 91.3 cm³/mol. The van der Waals surface area contributed by atoms with Crippen LogP contribution in [-0.2, 0) is 25.8 Å². The van der Waals surface area contributed by atoms with Crippen LogP contribution >= 0.6 is 0 Å². The zero-order valence-electron chi connectivity index (χ0n) is 13.5. The Morgan fingerprint density at radius 1 is 1.04 bits per heavy atom. The van der Waals surface area contributed by atoms with E-state index >= 15 is 0 Å². The Morgan fingerprint density at radius 2 is 1.65 bits per heavy atom. The first-order chi connectivity index (χ1) is 12.3. The molecule has 0 saturated carbocycles. The smallest absolute Gasteiger partial charge is 0.430 e. The van der Waals surface area contributed by atoms with Crippen LogP contribution in [0.3, 0.4) is 0 Å². The number of ether oxygens (including phenoxy) is 1. The summed E-state index contributed by atoms with van der Waals surface area (Å²) in [5, 5.41) is 19.4. The standard InChI is InChI=1S/C17H17NO7S/c19-13-8-6-12(7-9-13)10-15(16(20)21)18-11-25-17(22)26(23,24)14-4-2-1-3-5-14/h1-9,15,18-19H,10-11H2,(H,20,21)/t15-/m0/s1. The Bertz CT molecular complexity index is 864. The topological polar surface area (TPSA) is 130 Å². The van der Waals surface area contributed by atoms with Gasteiger partial charge in [-0.25, -0.2) is 13.2 Å². The molecule has 0 bridgehead atoms. The Morgan fingerprint density at radius 3 is 2.23 bits per heavy atom. The van der Waals surface area contributed by atoms with Crippen LogP contribution in [0.2, 0.25) is 0 Å². The summed E-state index contributed by atoms with van der Waals surface area (Å²) in [6.07, 6.45) is 0.0542. The average molecular weight is 379 g/mol. The normalized spacial score (nSPS) is 12.3. The van der Waals surface area contributed by atoms with Crippen molar-refractivity contribution in [3.05, 3.63) is 60.2 Å². The molecular formula is C17H17NO7S. The molecule has 3 N–H and O–H groups in total. The molecule has 0 aromatic heterocycles. The van der Waals surface area contributed by atoms with Crippen LogP contribution in [0.15, 0.2) is 59.5 Å². The maximum Gasteiger partial charge on any atom is 0.430 e. The fourth-order valence-corrected chi connectivity index (χ4v) is 3.01. The van der Waals surface area contributed by atoms with Crippen molar-refractivity contribution in [2.45, 2.75) is 17.4 Å². The fraction of sp³-hybridized carbons (Fsp3) is 0.176. The molecule has 0 heterocycles. The molecule has 0 aliphatic rings. The number of hydrogen-bond donors (Lipinski definition) is 3. The van der Waals surface area contributed by atoms with Gasteiger partial charge in [0.2, 0.25) is 0 Å². The highest BCUT2D eigenvalue weighted by Gasteiger charge is 2.27. The lowest BCUT2D eigenvalue weighted by Gasteiger charge is -2.14. The Labute approximate surface area is 150 Å². The number of phenolic OH excluding ortho intramolecular Hbond substituents is 1. The van der Waals surface area contributed by atoms with E-state index in [1.165, 1.54) is 36.4 Å². The molecule has 0 aliphatic heterocycles. The van der Waals surface area contributed by atoms with Crippen molar-refractivity contribution < 1.29 is 33.0 Å². The largest absolute Gasteiger partial charge is 0.508 e. The lowest BCUT2D eigenvalue weighted by atomic mass is 10.1. The number of carbonyl (C=O) groups excluding carboxylic acids is 1. The van der Waals surface area contributed by atoms with E-state index in [0.29, 0.717) is 5.56 Å². The van der Waals surface area contributed by atoms with Gasteiger partial charge in [-0.2, -0.15) is 0 Å². The third kappa shape index (κ3) is 5.04. The van der Waals surface area contributed by atoms with E-state index < -0.39 is 33.9 Å². The summed E-state index contributed by atoms with van der Waals surface area (Å²) in [6, 6.07) is 11.9. The lowest BCUT2D eigenvalue weighted by Crippen LogP contribution is -2.40. The van der Waals surface area contributed by atoms with Crippen LogP contribution in [0, 0.1) is 0 Å². The van der Waals surface area contributed by atoms with Crippen LogP contribution in [0.25, 0.3) is 0 Å². The van der Waals surface area contributed by atoms with Crippen molar-refractivity contribution in [1.29, 1.82) is 0 Å². The first-order valence-corrected chi connectivity index (χ1v) is 9.00. The number of rotatable bonds is 7. The van der Waals surface area contributed by atoms with Crippen LogP contribution < -0.4 is 5.32 Å². The van der Waals surface area contributed by atoms with Crippen LogP contribution in [-0.4, -0.2) is 42.7 Å². The number of sulfone groups is 1. The number of nitrogens with one attached hydrogen (secondary N) is 1. The SMILES string of the molecule is O=C(O)[C@H](Cc1ccc(O)cc1)NCOC(=O)S(=O)(=O)c1ccccc1. The summed E-state index contributed by atoms with van der Waals surface area (Å²) in [5.74, 6) is -1.14. The molecule has 26 heavy (non-hydrogen) atoms. The quantitative estimate of drug-likeness (QED) is 0.488. The molecule has 2 aromatic carbocycles. The van der Waals surface area contributed by atoms with Crippen molar-refractivity contribution >= 4 is 21.1 Å². The second kappa shape index (κ2) is 8.45. The number of hydrogen-bond acceptors (Lipinski definition) is 7. The number of benzene rings is 2. The van der Waals surface area contributed by atoms with Crippen molar-refractivity contribution in [1.82, 2.24) is 5.32 Å². The van der Waals surface area contributed by atoms with Crippen LogP contribution in [0.1, 0.15) is 5.56 Å². The number of carbonyl (C=O) groups is 2. The molecule has 138 valence electrons. The molecule has 0 spiro atoms. The lowest BCUT2D eigenvalue weighted by molar-refractivity contribution is -0.139. The molecular weight excluding hydrogens is 362 g/mol. The number of aromatic hydroxyl groups is 1. The van der Waals surface area contributed by atoms with Crippen molar-refractivity contribution in [2.24, 2.45) is 0 Å². The molecule has 0 fully saturated rings. The van der Waals surface area contributed by atoms with Gasteiger partial charge in [0.15, 0.2) is 0 Å². The van der Waals surface area contributed by atoms with Crippen molar-refractivity contribution in [3.63, 3.8) is 0 Å². The number of aliphatic carboxylic acids is 1. The first kappa shape index (κ1) is 19.4. The summed E-state index contributed by atoms with van der Waals surface area (Å²) in [4.78, 5) is 22.9. The molecule has 0 unspecified atom stereocenters. The summed E-state index contributed by atoms with van der Waals surface area (Å²) >= 11 is 0. The van der Waals surface area contributed by atoms with Gasteiger partial charge in [-0.05, 0) is 36.2 Å². The highest BCUT2D eigenvalue weighted by atomic mass is 32.2. The van der Waals surface area contributed by atoms with Gasteiger partial charge in [0, 0.05) is 0 Å². The van der Waals surface area contributed by atoms with Crippen LogP contribution in [0.5, 0.6) is 5.75 Å². The van der Waals surface area contributed by atoms with E-state index in [-0.39, 0.29) is 17.1 Å². The molecule has 8 nitrogen and oxygen atoms in total. The molecule has 2 aromatic rings. The first-order valence-electron chi connectivity index (χ1n) is 7.51. The fourth-order valence-electron chi connectivity index (χ4n) is 2.09. The number of carboxylic acid groups (broad SMARTS) is 1. The van der Waals surface area contributed by atoms with Gasteiger partial charge >= 0.3 is 11.3 Å². The van der Waals surface area contributed by atoms with Crippen LogP contribution in [0.4, 0.5) is 4.79 Å². The molecule has 2 rings (SSSR count). The average Bonchev–Trinajstić information content (AvgIpc) is 2.63.